The number of nitrogens with two attached hydrogens (primary N) is 1. The van der Waals surface area contributed by atoms with Gasteiger partial charge in [-0.1, -0.05) is 0 Å². The molecule has 2 aromatic rings. The quantitative estimate of drug-likeness (QED) is 0.879. The number of hydrogen-bond donors (Lipinski definition) is 2. The maximum atomic E-state index is 11.7. The highest BCUT2D eigenvalue weighted by molar-refractivity contribution is 6.00. The third-order valence-electron chi connectivity index (χ3n) is 3.48. The summed E-state index contributed by atoms with van der Waals surface area (Å²) in [5.41, 5.74) is 7.88. The van der Waals surface area contributed by atoms with Crippen molar-refractivity contribution in [3.63, 3.8) is 0 Å². The van der Waals surface area contributed by atoms with Crippen LogP contribution in [0.3, 0.4) is 0 Å². The molecule has 1 saturated heterocycles. The van der Waals surface area contributed by atoms with Gasteiger partial charge in [0.25, 0.3) is 5.91 Å². The molecule has 0 aliphatic carbocycles. The van der Waals surface area contributed by atoms with Gasteiger partial charge in [-0.25, -0.2) is 4.98 Å². The number of aromatic amines is 1. The molecule has 1 aliphatic rings. The van der Waals surface area contributed by atoms with Gasteiger partial charge < -0.3 is 15.6 Å². The van der Waals surface area contributed by atoms with Crippen molar-refractivity contribution >= 4 is 11.6 Å². The third kappa shape index (κ3) is 2.19. The summed E-state index contributed by atoms with van der Waals surface area (Å²) in [5, 5.41) is 0. The van der Waals surface area contributed by atoms with Crippen LogP contribution in [0.25, 0.3) is 11.4 Å². The summed E-state index contributed by atoms with van der Waals surface area (Å²) >= 11 is 0. The lowest BCUT2D eigenvalue weighted by atomic mass is 10.1. The Kier molecular flexibility index (Phi) is 2.95. The van der Waals surface area contributed by atoms with Crippen molar-refractivity contribution in [3.8, 4) is 11.4 Å². The molecule has 0 saturated carbocycles. The number of imidazole rings is 1. The van der Waals surface area contributed by atoms with E-state index in [2.05, 4.69) is 14.9 Å². The molecule has 1 amide bonds. The molecule has 19 heavy (non-hydrogen) atoms. The van der Waals surface area contributed by atoms with E-state index in [0.717, 1.165) is 43.0 Å². The minimum absolute atomic E-state index is 0.393. The van der Waals surface area contributed by atoms with Gasteiger partial charge >= 0.3 is 0 Å². The Morgan fingerprint density at radius 3 is 2.74 bits per heavy atom. The maximum absolute atomic E-state index is 11.7. The zero-order valence-corrected chi connectivity index (χ0v) is 10.6. The molecular formula is C14H16N4O. The van der Waals surface area contributed by atoms with Gasteiger partial charge in [-0.05, 0) is 31.0 Å². The van der Waals surface area contributed by atoms with E-state index in [1.165, 1.54) is 0 Å². The molecular weight excluding hydrogens is 240 g/mol. The zero-order chi connectivity index (χ0) is 13.2. The number of amides is 1. The molecule has 5 nitrogen and oxygen atoms in total. The van der Waals surface area contributed by atoms with Gasteiger partial charge in [-0.15, -0.1) is 0 Å². The Labute approximate surface area is 111 Å². The number of hydrogen-bond acceptors (Lipinski definition) is 3. The summed E-state index contributed by atoms with van der Waals surface area (Å²) < 4.78 is 0. The molecule has 1 aromatic carbocycles. The average molecular weight is 256 g/mol. The van der Waals surface area contributed by atoms with Gasteiger partial charge in [0.2, 0.25) is 0 Å². The zero-order valence-electron chi connectivity index (χ0n) is 10.6. The number of benzene rings is 1. The second-order valence-electron chi connectivity index (χ2n) is 4.73. The molecule has 0 bridgehead atoms. The lowest BCUT2D eigenvalue weighted by Crippen LogP contribution is -2.23. The van der Waals surface area contributed by atoms with Crippen LogP contribution in [-0.4, -0.2) is 29.0 Å². The summed E-state index contributed by atoms with van der Waals surface area (Å²) in [5.74, 6) is 0.353. The van der Waals surface area contributed by atoms with Crippen LogP contribution in [0.5, 0.6) is 0 Å². The van der Waals surface area contributed by atoms with Crippen LogP contribution >= 0.6 is 0 Å². The van der Waals surface area contributed by atoms with E-state index in [1.807, 2.05) is 18.2 Å². The van der Waals surface area contributed by atoms with E-state index >= 15 is 0 Å². The van der Waals surface area contributed by atoms with Crippen molar-refractivity contribution in [2.75, 3.05) is 18.0 Å². The second-order valence-corrected chi connectivity index (χ2v) is 4.73. The molecule has 1 aromatic heterocycles. The maximum Gasteiger partial charge on any atom is 0.250 e. The Morgan fingerprint density at radius 1 is 1.32 bits per heavy atom. The molecule has 0 radical (unpaired) electrons. The minimum atomic E-state index is -0.393. The van der Waals surface area contributed by atoms with Gasteiger partial charge in [0.1, 0.15) is 5.82 Å². The molecule has 5 heteroatoms. The lowest BCUT2D eigenvalue weighted by molar-refractivity contribution is 0.100. The molecule has 98 valence electrons. The molecule has 2 heterocycles. The lowest BCUT2D eigenvalue weighted by Gasteiger charge is -2.20. The van der Waals surface area contributed by atoms with Crippen molar-refractivity contribution in [3.05, 3.63) is 36.2 Å². The molecule has 0 spiro atoms. The number of primary amides is 1. The first kappa shape index (κ1) is 11.8. The topological polar surface area (TPSA) is 75.0 Å². The van der Waals surface area contributed by atoms with Crippen LogP contribution in [0.1, 0.15) is 23.2 Å². The first-order valence-electron chi connectivity index (χ1n) is 6.44. The predicted octanol–water partition coefficient (Wildman–Crippen LogP) is 1.78. The van der Waals surface area contributed by atoms with Crippen LogP contribution < -0.4 is 10.6 Å². The van der Waals surface area contributed by atoms with Crippen molar-refractivity contribution < 1.29 is 4.79 Å². The van der Waals surface area contributed by atoms with E-state index in [4.69, 9.17) is 5.73 Å². The normalized spacial score (nSPS) is 14.8. The third-order valence-corrected chi connectivity index (χ3v) is 3.48. The highest BCUT2D eigenvalue weighted by atomic mass is 16.1. The largest absolute Gasteiger partial charge is 0.371 e. The number of carbonyl (C=O) groups is 1. The van der Waals surface area contributed by atoms with E-state index in [9.17, 15) is 4.79 Å². The Balaban J connectivity index is 2.04. The van der Waals surface area contributed by atoms with Gasteiger partial charge in [-0.2, -0.15) is 0 Å². The van der Waals surface area contributed by atoms with Crippen LogP contribution in [0.2, 0.25) is 0 Å². The fraction of sp³-hybridized carbons (Fsp3) is 0.286. The van der Waals surface area contributed by atoms with E-state index in [-0.39, 0.29) is 0 Å². The van der Waals surface area contributed by atoms with Crippen LogP contribution in [0, 0.1) is 0 Å². The molecule has 3 rings (SSSR count). The molecule has 0 unspecified atom stereocenters. The van der Waals surface area contributed by atoms with Crippen molar-refractivity contribution in [2.24, 2.45) is 5.73 Å². The van der Waals surface area contributed by atoms with Crippen LogP contribution in [0.15, 0.2) is 30.6 Å². The highest BCUT2D eigenvalue weighted by Gasteiger charge is 2.19. The summed E-state index contributed by atoms with van der Waals surface area (Å²) in [7, 11) is 0. The first-order chi connectivity index (χ1) is 9.25. The molecule has 1 aliphatic heterocycles. The molecule has 0 atom stereocenters. The summed E-state index contributed by atoms with van der Waals surface area (Å²) in [6.07, 6.45) is 5.78. The first-order valence-corrected chi connectivity index (χ1v) is 6.44. The number of aromatic nitrogens is 2. The van der Waals surface area contributed by atoms with Crippen molar-refractivity contribution in [1.82, 2.24) is 9.97 Å². The number of H-pyrrole nitrogens is 1. The fourth-order valence-electron chi connectivity index (χ4n) is 2.54. The van der Waals surface area contributed by atoms with E-state index in [1.54, 1.807) is 12.4 Å². The van der Waals surface area contributed by atoms with Crippen molar-refractivity contribution in [2.45, 2.75) is 12.8 Å². The Bertz CT molecular complexity index is 585. The molecule has 3 N–H and O–H groups in total. The van der Waals surface area contributed by atoms with Gasteiger partial charge in [0.15, 0.2) is 0 Å². The SMILES string of the molecule is NC(=O)c1cc(-c2ncc[nH]2)ccc1N1CCCC1. The van der Waals surface area contributed by atoms with E-state index in [0.29, 0.717) is 5.56 Å². The summed E-state index contributed by atoms with van der Waals surface area (Å²) in [4.78, 5) is 21.1. The van der Waals surface area contributed by atoms with Gasteiger partial charge in [-0.3, -0.25) is 4.79 Å². The predicted molar refractivity (Wildman–Crippen MR) is 74.0 cm³/mol. The highest BCUT2D eigenvalue weighted by Crippen LogP contribution is 2.28. The number of carbonyl (C=O) groups excluding carboxylic acids is 1. The minimum Gasteiger partial charge on any atom is -0.371 e. The standard InChI is InChI=1S/C14H16N4O/c15-13(19)11-9-10(14-16-5-6-17-14)3-4-12(11)18-7-1-2-8-18/h3-6,9H,1-2,7-8H2,(H2,15,19)(H,16,17). The average Bonchev–Trinajstić information content (AvgIpc) is 3.11. The summed E-state index contributed by atoms with van der Waals surface area (Å²) in [6, 6.07) is 5.75. The van der Waals surface area contributed by atoms with Crippen molar-refractivity contribution in [1.29, 1.82) is 0 Å². The van der Waals surface area contributed by atoms with Crippen LogP contribution in [0.4, 0.5) is 5.69 Å². The summed E-state index contributed by atoms with van der Waals surface area (Å²) in [6.45, 7) is 1.97. The molecule has 1 fully saturated rings. The smallest absolute Gasteiger partial charge is 0.250 e. The number of anilines is 1. The van der Waals surface area contributed by atoms with Crippen LogP contribution in [-0.2, 0) is 0 Å². The Hall–Kier alpha value is -2.30. The Morgan fingerprint density at radius 2 is 2.11 bits per heavy atom. The van der Waals surface area contributed by atoms with Gasteiger partial charge in [0.05, 0.1) is 5.56 Å². The van der Waals surface area contributed by atoms with Gasteiger partial charge in [0, 0.05) is 36.7 Å². The number of rotatable bonds is 3. The number of nitrogens with zero attached hydrogens (tertiary/aromatic N) is 2. The van der Waals surface area contributed by atoms with E-state index < -0.39 is 5.91 Å². The monoisotopic (exact) mass is 256 g/mol. The fourth-order valence-corrected chi connectivity index (χ4v) is 2.54. The number of nitrogens with one attached hydrogen (secondary N) is 1. The second kappa shape index (κ2) is 4.76.